The van der Waals surface area contributed by atoms with Gasteiger partial charge in [-0.05, 0) is 55.8 Å². The Hall–Kier alpha value is -3.38. The minimum absolute atomic E-state index is 0.0457. The molecular formula is C28H29N3O2S. The third-order valence-corrected chi connectivity index (χ3v) is 7.52. The van der Waals surface area contributed by atoms with Gasteiger partial charge in [0.1, 0.15) is 11.4 Å². The van der Waals surface area contributed by atoms with Crippen molar-refractivity contribution in [3.8, 4) is 5.75 Å². The number of carbonyl (C=O) groups is 1. The first-order valence-corrected chi connectivity index (χ1v) is 12.4. The molecule has 5 rings (SSSR count). The fourth-order valence-electron chi connectivity index (χ4n) is 4.63. The van der Waals surface area contributed by atoms with Crippen LogP contribution in [0, 0.1) is 6.92 Å². The molecule has 6 heteroatoms. The second-order valence-corrected chi connectivity index (χ2v) is 9.87. The van der Waals surface area contributed by atoms with Gasteiger partial charge in [-0.15, -0.1) is 0 Å². The molecule has 0 aliphatic carbocycles. The van der Waals surface area contributed by atoms with E-state index in [4.69, 9.17) is 4.74 Å². The predicted octanol–water partition coefficient (Wildman–Crippen LogP) is 5.99. The summed E-state index contributed by atoms with van der Waals surface area (Å²) in [7, 11) is 1.66. The number of H-pyrrole nitrogens is 1. The zero-order chi connectivity index (χ0) is 23.7. The Balaban J connectivity index is 1.45. The van der Waals surface area contributed by atoms with Crippen LogP contribution in [-0.4, -0.2) is 48.6 Å². The van der Waals surface area contributed by atoms with E-state index in [0.717, 1.165) is 33.0 Å². The number of carbonyl (C=O) groups excluding carboxylic acids is 1. The van der Waals surface area contributed by atoms with Gasteiger partial charge in [0, 0.05) is 47.7 Å². The first kappa shape index (κ1) is 22.4. The molecule has 174 valence electrons. The van der Waals surface area contributed by atoms with Gasteiger partial charge in [0.2, 0.25) is 0 Å². The number of anilines is 1. The highest BCUT2D eigenvalue weighted by Crippen LogP contribution is 2.38. The van der Waals surface area contributed by atoms with E-state index in [-0.39, 0.29) is 11.9 Å². The van der Waals surface area contributed by atoms with Gasteiger partial charge < -0.3 is 19.5 Å². The fraction of sp³-hybridized carbons (Fsp3) is 0.250. The molecule has 1 fully saturated rings. The molecule has 0 saturated carbocycles. The van der Waals surface area contributed by atoms with Gasteiger partial charge in [0.15, 0.2) is 0 Å². The fourth-order valence-corrected chi connectivity index (χ4v) is 5.69. The zero-order valence-electron chi connectivity index (χ0n) is 19.7. The van der Waals surface area contributed by atoms with Gasteiger partial charge >= 0.3 is 0 Å². The summed E-state index contributed by atoms with van der Waals surface area (Å²) in [5, 5.41) is 1.03. The molecule has 1 saturated heterocycles. The molecule has 1 amide bonds. The van der Waals surface area contributed by atoms with E-state index in [1.807, 2.05) is 41.3 Å². The lowest BCUT2D eigenvalue weighted by atomic mass is 10.1. The van der Waals surface area contributed by atoms with Crippen LogP contribution in [0.1, 0.15) is 23.0 Å². The quantitative estimate of drug-likeness (QED) is 0.389. The van der Waals surface area contributed by atoms with E-state index in [9.17, 15) is 4.79 Å². The van der Waals surface area contributed by atoms with Crippen LogP contribution < -0.4 is 9.64 Å². The number of aromatic nitrogens is 1. The van der Waals surface area contributed by atoms with E-state index in [1.54, 1.807) is 18.9 Å². The Labute approximate surface area is 204 Å². The molecule has 1 aromatic heterocycles. The second kappa shape index (κ2) is 9.47. The van der Waals surface area contributed by atoms with Crippen molar-refractivity contribution in [1.82, 2.24) is 9.88 Å². The van der Waals surface area contributed by atoms with Crippen LogP contribution in [0.3, 0.4) is 0 Å². The molecule has 4 aromatic rings. The van der Waals surface area contributed by atoms with Crippen molar-refractivity contribution in [2.75, 3.05) is 31.6 Å². The van der Waals surface area contributed by atoms with Gasteiger partial charge in [0.25, 0.3) is 5.91 Å². The molecule has 5 nitrogen and oxygen atoms in total. The predicted molar refractivity (Wildman–Crippen MR) is 139 cm³/mol. The summed E-state index contributed by atoms with van der Waals surface area (Å²) in [5.41, 5.74) is 4.03. The molecule has 2 heterocycles. The van der Waals surface area contributed by atoms with Crippen molar-refractivity contribution in [2.45, 2.75) is 29.7 Å². The minimum Gasteiger partial charge on any atom is -0.497 e. The van der Waals surface area contributed by atoms with E-state index >= 15 is 0 Å². The summed E-state index contributed by atoms with van der Waals surface area (Å²) >= 11 is 1.63. The van der Waals surface area contributed by atoms with Crippen LogP contribution >= 0.6 is 11.8 Å². The third kappa shape index (κ3) is 4.38. The lowest BCUT2D eigenvalue weighted by Gasteiger charge is -2.41. The number of methoxy groups -OCH3 is 1. The molecule has 0 bridgehead atoms. The first-order valence-electron chi connectivity index (χ1n) is 11.6. The topological polar surface area (TPSA) is 48.6 Å². The largest absolute Gasteiger partial charge is 0.497 e. The van der Waals surface area contributed by atoms with Crippen LogP contribution in [0.15, 0.2) is 82.6 Å². The molecule has 0 radical (unpaired) electrons. The van der Waals surface area contributed by atoms with E-state index in [1.165, 1.54) is 11.3 Å². The number of hydrogen-bond acceptors (Lipinski definition) is 4. The number of ether oxygens (including phenoxy) is 1. The molecule has 1 atom stereocenters. The van der Waals surface area contributed by atoms with E-state index in [0.29, 0.717) is 18.8 Å². The molecule has 0 unspecified atom stereocenters. The number of fused-ring (bicyclic) bond motifs is 1. The maximum absolute atomic E-state index is 13.8. The number of hydrogen-bond donors (Lipinski definition) is 1. The Kier molecular flexibility index (Phi) is 6.24. The highest BCUT2D eigenvalue weighted by molar-refractivity contribution is 7.99. The number of aromatic amines is 1. The lowest BCUT2D eigenvalue weighted by Crippen LogP contribution is -2.54. The summed E-state index contributed by atoms with van der Waals surface area (Å²) in [5.74, 6) is 0.814. The van der Waals surface area contributed by atoms with Crippen LogP contribution in [0.25, 0.3) is 10.9 Å². The normalized spacial score (nSPS) is 16.1. The van der Waals surface area contributed by atoms with Crippen molar-refractivity contribution in [3.05, 3.63) is 84.1 Å². The number of nitrogens with zero attached hydrogens (tertiary/aromatic N) is 2. The Morgan fingerprint density at radius 1 is 1.03 bits per heavy atom. The van der Waals surface area contributed by atoms with Crippen molar-refractivity contribution in [2.24, 2.45) is 0 Å². The Morgan fingerprint density at radius 2 is 1.85 bits per heavy atom. The molecule has 1 aliphatic rings. The molecule has 0 spiro atoms. The SMILES string of the molecule is COc1ccc2c(Sc3ccccc3)c(C(=O)N3CCN(c4cccc(C)c4)[C@@H](C)C3)[nH]c2c1. The Bertz CT molecular complexity index is 1320. The summed E-state index contributed by atoms with van der Waals surface area (Å²) in [6.45, 7) is 6.49. The average molecular weight is 472 g/mol. The number of nitrogens with one attached hydrogen (secondary N) is 1. The number of aryl methyl sites for hydroxylation is 1. The van der Waals surface area contributed by atoms with Gasteiger partial charge in [-0.2, -0.15) is 0 Å². The van der Waals surface area contributed by atoms with Crippen LogP contribution in [0.4, 0.5) is 5.69 Å². The number of amides is 1. The maximum atomic E-state index is 13.8. The van der Waals surface area contributed by atoms with Gasteiger partial charge in [0.05, 0.1) is 17.5 Å². The number of rotatable bonds is 5. The van der Waals surface area contributed by atoms with Crippen molar-refractivity contribution < 1.29 is 9.53 Å². The van der Waals surface area contributed by atoms with Gasteiger partial charge in [-0.3, -0.25) is 4.79 Å². The highest BCUT2D eigenvalue weighted by atomic mass is 32.2. The number of piperazine rings is 1. The second-order valence-electron chi connectivity index (χ2n) is 8.79. The standard InChI is InChI=1S/C28H29N3O2S/c1-19-8-7-9-21(16-19)31-15-14-30(18-20(31)2)28(32)26-27(34-23-10-5-4-6-11-23)24-13-12-22(33-3)17-25(24)29-26/h4-13,16-17,20,29H,14-15,18H2,1-3H3/t20-/m0/s1. The minimum atomic E-state index is 0.0457. The van der Waals surface area contributed by atoms with Crippen molar-refractivity contribution >= 4 is 34.3 Å². The molecule has 1 N–H and O–H groups in total. The van der Waals surface area contributed by atoms with Gasteiger partial charge in [-0.25, -0.2) is 0 Å². The van der Waals surface area contributed by atoms with Crippen LogP contribution in [-0.2, 0) is 0 Å². The van der Waals surface area contributed by atoms with Gasteiger partial charge in [-0.1, -0.05) is 42.1 Å². The maximum Gasteiger partial charge on any atom is 0.271 e. The summed E-state index contributed by atoms with van der Waals surface area (Å²) in [6.07, 6.45) is 0. The number of benzene rings is 3. The van der Waals surface area contributed by atoms with Crippen LogP contribution in [0.2, 0.25) is 0 Å². The summed E-state index contributed by atoms with van der Waals surface area (Å²) in [6, 6.07) is 24.9. The highest BCUT2D eigenvalue weighted by Gasteiger charge is 2.30. The zero-order valence-corrected chi connectivity index (χ0v) is 20.6. The molecule has 1 aliphatic heterocycles. The monoisotopic (exact) mass is 471 g/mol. The van der Waals surface area contributed by atoms with Crippen LogP contribution in [0.5, 0.6) is 5.75 Å². The summed E-state index contributed by atoms with van der Waals surface area (Å²) in [4.78, 5) is 23.7. The molecule has 34 heavy (non-hydrogen) atoms. The average Bonchev–Trinajstić information content (AvgIpc) is 3.21. The van der Waals surface area contributed by atoms with E-state index in [2.05, 4.69) is 60.1 Å². The third-order valence-electron chi connectivity index (χ3n) is 6.38. The first-order chi connectivity index (χ1) is 16.5. The lowest BCUT2D eigenvalue weighted by molar-refractivity contribution is 0.0718. The molecular weight excluding hydrogens is 442 g/mol. The van der Waals surface area contributed by atoms with Crippen molar-refractivity contribution in [1.29, 1.82) is 0 Å². The van der Waals surface area contributed by atoms with E-state index < -0.39 is 0 Å². The van der Waals surface area contributed by atoms with Crippen molar-refractivity contribution in [3.63, 3.8) is 0 Å². The Morgan fingerprint density at radius 3 is 2.59 bits per heavy atom. The molecule has 3 aromatic carbocycles. The smallest absolute Gasteiger partial charge is 0.271 e. The summed E-state index contributed by atoms with van der Waals surface area (Å²) < 4.78 is 5.42.